The van der Waals surface area contributed by atoms with Gasteiger partial charge in [0.2, 0.25) is 0 Å². The number of esters is 1. The van der Waals surface area contributed by atoms with Gasteiger partial charge in [0, 0.05) is 5.69 Å². The van der Waals surface area contributed by atoms with Crippen LogP contribution in [0.4, 0.5) is 5.69 Å². The van der Waals surface area contributed by atoms with Crippen molar-refractivity contribution in [2.45, 2.75) is 13.0 Å². The Hall–Kier alpha value is -1.75. The lowest BCUT2D eigenvalue weighted by Gasteiger charge is -2.13. The van der Waals surface area contributed by atoms with Gasteiger partial charge in [0.05, 0.1) is 18.7 Å². The molecule has 0 saturated heterocycles. The van der Waals surface area contributed by atoms with Crippen LogP contribution in [0.15, 0.2) is 45.5 Å². The lowest BCUT2D eigenvalue weighted by Crippen LogP contribution is -2.06. The average molecular weight is 324 g/mol. The maximum atomic E-state index is 11.3. The number of benzene rings is 1. The number of carbonyl (C=O) groups is 1. The molecular formula is C14H14BrNO3. The molecule has 0 spiro atoms. The maximum absolute atomic E-state index is 11.3. The lowest BCUT2D eigenvalue weighted by molar-refractivity contribution is 0.0601. The summed E-state index contributed by atoms with van der Waals surface area (Å²) < 4.78 is 10.8. The summed E-state index contributed by atoms with van der Waals surface area (Å²) >= 11 is 3.27. The second-order valence-electron chi connectivity index (χ2n) is 4.08. The Morgan fingerprint density at radius 3 is 2.47 bits per heavy atom. The van der Waals surface area contributed by atoms with E-state index in [4.69, 9.17) is 4.42 Å². The van der Waals surface area contributed by atoms with E-state index in [0.717, 1.165) is 11.4 Å². The van der Waals surface area contributed by atoms with Gasteiger partial charge in [-0.1, -0.05) is 0 Å². The maximum Gasteiger partial charge on any atom is 0.337 e. The fourth-order valence-corrected chi connectivity index (χ4v) is 2.02. The molecule has 0 aliphatic carbocycles. The predicted octanol–water partition coefficient (Wildman–Crippen LogP) is 4.00. The third-order valence-electron chi connectivity index (χ3n) is 2.71. The van der Waals surface area contributed by atoms with Crippen molar-refractivity contribution in [3.63, 3.8) is 0 Å². The molecule has 0 fully saturated rings. The highest BCUT2D eigenvalue weighted by molar-refractivity contribution is 9.10. The molecule has 0 saturated carbocycles. The summed E-state index contributed by atoms with van der Waals surface area (Å²) in [4.78, 5) is 11.3. The summed E-state index contributed by atoms with van der Waals surface area (Å²) in [6.45, 7) is 2.00. The molecule has 1 N–H and O–H groups in total. The number of anilines is 1. The van der Waals surface area contributed by atoms with Gasteiger partial charge in [-0.15, -0.1) is 0 Å². The van der Waals surface area contributed by atoms with Crippen molar-refractivity contribution in [3.8, 4) is 0 Å². The molecule has 4 nitrogen and oxygen atoms in total. The molecule has 0 amide bonds. The Kier molecular flexibility index (Phi) is 4.27. The van der Waals surface area contributed by atoms with Crippen LogP contribution in [0.1, 0.15) is 29.1 Å². The SMILES string of the molecule is COC(=O)c1ccc(NC(C)c2ccc(Br)o2)cc1. The Balaban J connectivity index is 2.05. The van der Waals surface area contributed by atoms with Gasteiger partial charge in [-0.25, -0.2) is 4.79 Å². The highest BCUT2D eigenvalue weighted by Crippen LogP contribution is 2.23. The fraction of sp³-hybridized carbons (Fsp3) is 0.214. The first kappa shape index (κ1) is 13.7. The highest BCUT2D eigenvalue weighted by atomic mass is 79.9. The van der Waals surface area contributed by atoms with Crippen LogP contribution in [0, 0.1) is 0 Å². The summed E-state index contributed by atoms with van der Waals surface area (Å²) in [6.07, 6.45) is 0. The highest BCUT2D eigenvalue weighted by Gasteiger charge is 2.10. The van der Waals surface area contributed by atoms with E-state index in [1.807, 2.05) is 31.2 Å². The van der Waals surface area contributed by atoms with Crippen LogP contribution >= 0.6 is 15.9 Å². The molecular weight excluding hydrogens is 310 g/mol. The second-order valence-corrected chi connectivity index (χ2v) is 4.86. The van der Waals surface area contributed by atoms with Crippen molar-refractivity contribution in [1.82, 2.24) is 0 Å². The van der Waals surface area contributed by atoms with Gasteiger partial charge < -0.3 is 14.5 Å². The van der Waals surface area contributed by atoms with E-state index in [1.165, 1.54) is 7.11 Å². The van der Waals surface area contributed by atoms with E-state index < -0.39 is 0 Å². The molecule has 1 unspecified atom stereocenters. The van der Waals surface area contributed by atoms with Crippen LogP contribution in [-0.4, -0.2) is 13.1 Å². The van der Waals surface area contributed by atoms with Gasteiger partial charge in [0.15, 0.2) is 4.67 Å². The first-order valence-corrected chi connectivity index (χ1v) is 6.59. The van der Waals surface area contributed by atoms with Crippen LogP contribution in [0.25, 0.3) is 0 Å². The van der Waals surface area contributed by atoms with Crippen LogP contribution < -0.4 is 5.32 Å². The monoisotopic (exact) mass is 323 g/mol. The van der Waals surface area contributed by atoms with Gasteiger partial charge in [-0.2, -0.15) is 0 Å². The van der Waals surface area contributed by atoms with Gasteiger partial charge in [-0.3, -0.25) is 0 Å². The number of hydrogen-bond donors (Lipinski definition) is 1. The van der Waals surface area contributed by atoms with Gasteiger partial charge in [0.1, 0.15) is 5.76 Å². The minimum atomic E-state index is -0.338. The van der Waals surface area contributed by atoms with E-state index in [2.05, 4.69) is 26.0 Å². The molecule has 1 atom stereocenters. The molecule has 0 radical (unpaired) electrons. The van der Waals surface area contributed by atoms with Gasteiger partial charge in [0.25, 0.3) is 0 Å². The van der Waals surface area contributed by atoms with Gasteiger partial charge in [-0.05, 0) is 59.3 Å². The third-order valence-corrected chi connectivity index (χ3v) is 3.14. The summed E-state index contributed by atoms with van der Waals surface area (Å²) in [6, 6.07) is 10.9. The first-order valence-electron chi connectivity index (χ1n) is 5.80. The second kappa shape index (κ2) is 5.93. The third kappa shape index (κ3) is 3.38. The van der Waals surface area contributed by atoms with E-state index in [9.17, 15) is 4.79 Å². The van der Waals surface area contributed by atoms with Crippen LogP contribution in [0.3, 0.4) is 0 Å². The van der Waals surface area contributed by atoms with Crippen molar-refractivity contribution in [2.75, 3.05) is 12.4 Å². The van der Waals surface area contributed by atoms with Crippen molar-refractivity contribution in [2.24, 2.45) is 0 Å². The van der Waals surface area contributed by atoms with Crippen molar-refractivity contribution >= 4 is 27.6 Å². The van der Waals surface area contributed by atoms with Crippen LogP contribution in [0.5, 0.6) is 0 Å². The fourth-order valence-electron chi connectivity index (χ4n) is 1.70. The molecule has 2 aromatic rings. The van der Waals surface area contributed by atoms with E-state index in [-0.39, 0.29) is 12.0 Å². The zero-order valence-corrected chi connectivity index (χ0v) is 12.2. The zero-order valence-electron chi connectivity index (χ0n) is 10.6. The molecule has 1 heterocycles. The Morgan fingerprint density at radius 2 is 1.95 bits per heavy atom. The molecule has 100 valence electrons. The van der Waals surface area contributed by atoms with E-state index in [1.54, 1.807) is 12.1 Å². The zero-order chi connectivity index (χ0) is 13.8. The number of hydrogen-bond acceptors (Lipinski definition) is 4. The number of methoxy groups -OCH3 is 1. The molecule has 1 aromatic heterocycles. The Labute approximate surface area is 119 Å². The van der Waals surface area contributed by atoms with E-state index >= 15 is 0 Å². The molecule has 1 aromatic carbocycles. The summed E-state index contributed by atoms with van der Waals surface area (Å²) in [5, 5.41) is 3.29. The number of ether oxygens (including phenoxy) is 1. The predicted molar refractivity (Wildman–Crippen MR) is 76.2 cm³/mol. The minimum Gasteiger partial charge on any atom is -0.465 e. The summed E-state index contributed by atoms with van der Waals surface area (Å²) in [5.41, 5.74) is 1.44. The van der Waals surface area contributed by atoms with Gasteiger partial charge >= 0.3 is 5.97 Å². The number of rotatable bonds is 4. The summed E-state index contributed by atoms with van der Waals surface area (Å²) in [7, 11) is 1.37. The van der Waals surface area contributed by atoms with Crippen molar-refractivity contribution < 1.29 is 13.9 Å². The lowest BCUT2D eigenvalue weighted by atomic mass is 10.2. The van der Waals surface area contributed by atoms with Crippen LogP contribution in [0.2, 0.25) is 0 Å². The topological polar surface area (TPSA) is 51.5 Å². The molecule has 5 heteroatoms. The molecule has 0 aliphatic rings. The first-order chi connectivity index (χ1) is 9.10. The van der Waals surface area contributed by atoms with E-state index in [0.29, 0.717) is 10.2 Å². The quantitative estimate of drug-likeness (QED) is 0.864. The molecule has 2 rings (SSSR count). The van der Waals surface area contributed by atoms with Crippen LogP contribution in [-0.2, 0) is 4.74 Å². The minimum absolute atomic E-state index is 0.0373. The Morgan fingerprint density at radius 1 is 1.26 bits per heavy atom. The number of furan rings is 1. The largest absolute Gasteiger partial charge is 0.465 e. The molecule has 19 heavy (non-hydrogen) atoms. The van der Waals surface area contributed by atoms with Crippen molar-refractivity contribution in [3.05, 3.63) is 52.4 Å². The normalized spacial score (nSPS) is 11.9. The number of nitrogens with one attached hydrogen (secondary N) is 1. The molecule has 0 aliphatic heterocycles. The Bertz CT molecular complexity index is 562. The molecule has 0 bridgehead atoms. The number of halogens is 1. The smallest absolute Gasteiger partial charge is 0.337 e. The average Bonchev–Trinajstić information content (AvgIpc) is 2.85. The summed E-state index contributed by atoms with van der Waals surface area (Å²) in [5.74, 6) is 0.499. The van der Waals surface area contributed by atoms with Crippen molar-refractivity contribution in [1.29, 1.82) is 0 Å². The standard InChI is InChI=1S/C14H14BrNO3/c1-9(12-7-8-13(15)19-12)16-11-5-3-10(4-6-11)14(17)18-2/h3-9,16H,1-2H3. The number of carbonyl (C=O) groups excluding carboxylic acids is 1.